The summed E-state index contributed by atoms with van der Waals surface area (Å²) in [5.41, 5.74) is -0.0604. The van der Waals surface area contributed by atoms with Crippen LogP contribution in [0.1, 0.15) is 20.3 Å². The lowest BCUT2D eigenvalue weighted by Gasteiger charge is -2.23. The topological polar surface area (TPSA) is 72.8 Å². The number of aliphatic hydroxyl groups is 1. The molecule has 1 atom stereocenters. The van der Waals surface area contributed by atoms with Crippen molar-refractivity contribution in [2.75, 3.05) is 6.79 Å². The summed E-state index contributed by atoms with van der Waals surface area (Å²) in [6.07, 6.45) is -2.24. The molecule has 0 aromatic heterocycles. The zero-order chi connectivity index (χ0) is 13.6. The SMILES string of the molecule is C=C(C)C(=O)OC(CC)C(F)(F)C(=O)OCO. The molecule has 7 heteroatoms. The van der Waals surface area contributed by atoms with Gasteiger partial charge in [0.1, 0.15) is 0 Å². The maximum Gasteiger partial charge on any atom is 0.383 e. The molecule has 0 aliphatic rings. The Bertz CT molecular complexity index is 314. The number of hydrogen-bond donors (Lipinski definition) is 1. The number of carbonyl (C=O) groups is 2. The van der Waals surface area contributed by atoms with Gasteiger partial charge in [-0.15, -0.1) is 0 Å². The molecule has 0 radical (unpaired) electrons. The summed E-state index contributed by atoms with van der Waals surface area (Å²) in [4.78, 5) is 22.0. The molecular weight excluding hydrogens is 238 g/mol. The lowest BCUT2D eigenvalue weighted by molar-refractivity contribution is -0.202. The number of rotatable bonds is 6. The highest BCUT2D eigenvalue weighted by Gasteiger charge is 2.50. The van der Waals surface area contributed by atoms with Crippen LogP contribution in [0.25, 0.3) is 0 Å². The van der Waals surface area contributed by atoms with E-state index in [1.54, 1.807) is 0 Å². The summed E-state index contributed by atoms with van der Waals surface area (Å²) in [7, 11) is 0. The minimum Gasteiger partial charge on any atom is -0.452 e. The normalized spacial score (nSPS) is 12.8. The minimum atomic E-state index is -4.01. The van der Waals surface area contributed by atoms with Gasteiger partial charge in [0.25, 0.3) is 0 Å². The highest BCUT2D eigenvalue weighted by Crippen LogP contribution is 2.26. The second-order valence-electron chi connectivity index (χ2n) is 3.27. The van der Waals surface area contributed by atoms with Crippen molar-refractivity contribution in [3.8, 4) is 0 Å². The molecule has 0 saturated carbocycles. The number of aliphatic hydroxyl groups excluding tert-OH is 1. The number of alkyl halides is 2. The lowest BCUT2D eigenvalue weighted by Crippen LogP contribution is -2.45. The summed E-state index contributed by atoms with van der Waals surface area (Å²) in [6.45, 7) is 4.67. The zero-order valence-electron chi connectivity index (χ0n) is 9.53. The Morgan fingerprint density at radius 2 is 2.00 bits per heavy atom. The predicted molar refractivity (Wildman–Crippen MR) is 53.1 cm³/mol. The predicted octanol–water partition coefficient (Wildman–Crippen LogP) is 1.01. The molecule has 0 aliphatic carbocycles. The van der Waals surface area contributed by atoms with Crippen molar-refractivity contribution in [1.82, 2.24) is 0 Å². The summed E-state index contributed by atoms with van der Waals surface area (Å²) >= 11 is 0. The summed E-state index contributed by atoms with van der Waals surface area (Å²) in [6, 6.07) is 0. The molecule has 0 saturated heterocycles. The van der Waals surface area contributed by atoms with Crippen molar-refractivity contribution in [3.05, 3.63) is 12.2 Å². The fraction of sp³-hybridized carbons (Fsp3) is 0.600. The summed E-state index contributed by atoms with van der Waals surface area (Å²) in [5, 5.41) is 8.23. The third kappa shape index (κ3) is 4.10. The molecule has 0 heterocycles. The molecule has 0 aromatic rings. The van der Waals surface area contributed by atoms with Crippen LogP contribution in [0.15, 0.2) is 12.2 Å². The molecule has 0 fully saturated rings. The van der Waals surface area contributed by atoms with E-state index in [1.165, 1.54) is 13.8 Å². The van der Waals surface area contributed by atoms with E-state index in [-0.39, 0.29) is 12.0 Å². The van der Waals surface area contributed by atoms with Gasteiger partial charge < -0.3 is 14.6 Å². The van der Waals surface area contributed by atoms with E-state index in [0.29, 0.717) is 0 Å². The first-order valence-corrected chi connectivity index (χ1v) is 4.79. The first kappa shape index (κ1) is 15.5. The number of carbonyl (C=O) groups excluding carboxylic acids is 2. The molecule has 0 amide bonds. The molecule has 0 aliphatic heterocycles. The highest BCUT2D eigenvalue weighted by atomic mass is 19.3. The van der Waals surface area contributed by atoms with Gasteiger partial charge in [0.05, 0.1) is 0 Å². The molecule has 98 valence electrons. The van der Waals surface area contributed by atoms with Crippen molar-refractivity contribution < 1.29 is 33.0 Å². The van der Waals surface area contributed by atoms with Crippen LogP contribution in [0.5, 0.6) is 0 Å². The Balaban J connectivity index is 4.79. The molecule has 1 unspecified atom stereocenters. The number of hydrogen-bond acceptors (Lipinski definition) is 5. The van der Waals surface area contributed by atoms with Gasteiger partial charge in [-0.1, -0.05) is 13.5 Å². The third-order valence-corrected chi connectivity index (χ3v) is 1.84. The Kier molecular flexibility index (Phi) is 5.73. The van der Waals surface area contributed by atoms with Crippen molar-refractivity contribution in [1.29, 1.82) is 0 Å². The van der Waals surface area contributed by atoms with Crippen LogP contribution >= 0.6 is 0 Å². The summed E-state index contributed by atoms with van der Waals surface area (Å²) in [5.74, 6) is -6.97. The van der Waals surface area contributed by atoms with E-state index in [0.717, 1.165) is 0 Å². The monoisotopic (exact) mass is 252 g/mol. The van der Waals surface area contributed by atoms with Crippen LogP contribution in [0.4, 0.5) is 8.78 Å². The Hall–Kier alpha value is -1.50. The Morgan fingerprint density at radius 1 is 1.47 bits per heavy atom. The van der Waals surface area contributed by atoms with Crippen LogP contribution in [0.2, 0.25) is 0 Å². The smallest absolute Gasteiger partial charge is 0.383 e. The van der Waals surface area contributed by atoms with Crippen LogP contribution in [-0.4, -0.2) is 35.9 Å². The molecule has 0 spiro atoms. The molecule has 5 nitrogen and oxygen atoms in total. The number of halogens is 2. The molecule has 1 N–H and O–H groups in total. The van der Waals surface area contributed by atoms with E-state index in [9.17, 15) is 18.4 Å². The molecule has 0 rings (SSSR count). The van der Waals surface area contributed by atoms with Crippen molar-refractivity contribution >= 4 is 11.9 Å². The van der Waals surface area contributed by atoms with E-state index in [2.05, 4.69) is 16.1 Å². The zero-order valence-corrected chi connectivity index (χ0v) is 9.53. The van der Waals surface area contributed by atoms with Gasteiger partial charge in [-0.05, 0) is 13.3 Å². The van der Waals surface area contributed by atoms with Gasteiger partial charge in [-0.3, -0.25) is 0 Å². The van der Waals surface area contributed by atoms with Crippen molar-refractivity contribution in [3.63, 3.8) is 0 Å². The van der Waals surface area contributed by atoms with Gasteiger partial charge in [0, 0.05) is 5.57 Å². The molecular formula is C10H14F2O5. The highest BCUT2D eigenvalue weighted by molar-refractivity contribution is 5.87. The van der Waals surface area contributed by atoms with Gasteiger partial charge in [0.15, 0.2) is 12.9 Å². The average Bonchev–Trinajstić information content (AvgIpc) is 2.25. The average molecular weight is 252 g/mol. The molecule has 17 heavy (non-hydrogen) atoms. The molecule has 0 aromatic carbocycles. The first-order valence-electron chi connectivity index (χ1n) is 4.79. The van der Waals surface area contributed by atoms with Crippen LogP contribution in [0, 0.1) is 0 Å². The quantitative estimate of drug-likeness (QED) is 0.434. The van der Waals surface area contributed by atoms with E-state index >= 15 is 0 Å². The van der Waals surface area contributed by atoms with Gasteiger partial charge >= 0.3 is 17.9 Å². The first-order chi connectivity index (χ1) is 7.77. The largest absolute Gasteiger partial charge is 0.452 e. The third-order valence-electron chi connectivity index (χ3n) is 1.84. The summed E-state index contributed by atoms with van der Waals surface area (Å²) < 4.78 is 35.0. The second-order valence-corrected chi connectivity index (χ2v) is 3.27. The van der Waals surface area contributed by atoms with E-state index in [4.69, 9.17) is 5.11 Å². The van der Waals surface area contributed by atoms with Crippen LogP contribution < -0.4 is 0 Å². The van der Waals surface area contributed by atoms with Crippen molar-refractivity contribution in [2.45, 2.75) is 32.3 Å². The van der Waals surface area contributed by atoms with Crippen LogP contribution in [-0.2, 0) is 19.1 Å². The van der Waals surface area contributed by atoms with Crippen molar-refractivity contribution in [2.24, 2.45) is 0 Å². The second kappa shape index (κ2) is 6.29. The van der Waals surface area contributed by atoms with E-state index < -0.39 is 30.8 Å². The standard InChI is InChI=1S/C10H14F2O5/c1-4-7(17-8(14)6(2)3)10(11,12)9(15)16-5-13/h7,13H,2,4-5H2,1,3H3. The maximum absolute atomic E-state index is 13.4. The fourth-order valence-corrected chi connectivity index (χ4v) is 0.930. The van der Waals surface area contributed by atoms with Gasteiger partial charge in [0.2, 0.25) is 0 Å². The van der Waals surface area contributed by atoms with E-state index in [1.807, 2.05) is 0 Å². The number of ether oxygens (including phenoxy) is 2. The Morgan fingerprint density at radius 3 is 2.35 bits per heavy atom. The van der Waals surface area contributed by atoms with Gasteiger partial charge in [-0.25, -0.2) is 9.59 Å². The minimum absolute atomic E-state index is 0.0604. The number of esters is 2. The fourth-order valence-electron chi connectivity index (χ4n) is 0.930. The van der Waals surface area contributed by atoms with Gasteiger partial charge in [-0.2, -0.15) is 8.78 Å². The maximum atomic E-state index is 13.4. The molecule has 0 bridgehead atoms. The Labute approximate surface area is 97.0 Å². The lowest BCUT2D eigenvalue weighted by atomic mass is 10.1. The van der Waals surface area contributed by atoms with Crippen LogP contribution in [0.3, 0.4) is 0 Å².